The fourth-order valence-corrected chi connectivity index (χ4v) is 2.35. The van der Waals surface area contributed by atoms with Crippen LogP contribution in [0.1, 0.15) is 25.3 Å². The maximum Gasteiger partial charge on any atom is 0.318 e. The lowest BCUT2D eigenvalue weighted by Crippen LogP contribution is -2.44. The lowest BCUT2D eigenvalue weighted by Gasteiger charge is -2.21. The quantitative estimate of drug-likeness (QED) is 0.857. The molecule has 2 aromatic rings. The van der Waals surface area contributed by atoms with Crippen molar-refractivity contribution in [2.75, 3.05) is 19.6 Å². The van der Waals surface area contributed by atoms with Gasteiger partial charge in [0.25, 0.3) is 0 Å². The second-order valence-electron chi connectivity index (χ2n) is 5.49. The van der Waals surface area contributed by atoms with E-state index in [4.69, 9.17) is 4.52 Å². The van der Waals surface area contributed by atoms with Crippen molar-refractivity contribution in [1.29, 1.82) is 0 Å². The lowest BCUT2D eigenvalue weighted by molar-refractivity contribution is -0.121. The third-order valence-corrected chi connectivity index (χ3v) is 3.64. The van der Waals surface area contributed by atoms with Gasteiger partial charge < -0.3 is 20.1 Å². The zero-order valence-corrected chi connectivity index (χ0v) is 13.2. The highest BCUT2D eigenvalue weighted by atomic mass is 16.5. The van der Waals surface area contributed by atoms with E-state index in [0.717, 1.165) is 12.0 Å². The number of urea groups is 1. The second-order valence-corrected chi connectivity index (χ2v) is 5.49. The number of pyridine rings is 1. The fourth-order valence-electron chi connectivity index (χ4n) is 2.35. The zero-order valence-electron chi connectivity index (χ0n) is 13.2. The standard InChI is InChI=1S/C15H18N6O3/c1-10(18-15(23)21-8-2-5-17-12(22)9-21)14-19-13(20-24-14)11-3-6-16-7-4-11/h3-4,6-7,10H,2,5,8-9H2,1H3,(H,17,22)(H,18,23)/t10-/m1/s1. The molecule has 0 aliphatic carbocycles. The number of nitrogens with zero attached hydrogens (tertiary/aromatic N) is 4. The van der Waals surface area contributed by atoms with Crippen molar-refractivity contribution in [2.24, 2.45) is 0 Å². The van der Waals surface area contributed by atoms with Crippen LogP contribution in [0.15, 0.2) is 29.0 Å². The lowest BCUT2D eigenvalue weighted by atomic mass is 10.2. The molecular formula is C15H18N6O3. The first kappa shape index (κ1) is 15.9. The molecule has 0 saturated carbocycles. The topological polar surface area (TPSA) is 113 Å². The summed E-state index contributed by atoms with van der Waals surface area (Å²) in [5, 5.41) is 9.42. The Kier molecular flexibility index (Phi) is 4.69. The van der Waals surface area contributed by atoms with E-state index in [1.165, 1.54) is 4.90 Å². The minimum absolute atomic E-state index is 0.0463. The van der Waals surface area contributed by atoms with Gasteiger partial charge in [0.2, 0.25) is 17.6 Å². The van der Waals surface area contributed by atoms with Crippen LogP contribution in [0, 0.1) is 0 Å². The molecule has 9 heteroatoms. The molecule has 0 spiro atoms. The van der Waals surface area contributed by atoms with E-state index in [1.54, 1.807) is 31.5 Å². The maximum absolute atomic E-state index is 12.3. The molecule has 3 heterocycles. The summed E-state index contributed by atoms with van der Waals surface area (Å²) in [5.74, 6) is 0.574. The molecule has 2 aromatic heterocycles. The van der Waals surface area contributed by atoms with Gasteiger partial charge in [-0.3, -0.25) is 9.78 Å². The first-order valence-corrected chi connectivity index (χ1v) is 7.69. The predicted molar refractivity (Wildman–Crippen MR) is 83.7 cm³/mol. The smallest absolute Gasteiger partial charge is 0.318 e. The number of rotatable bonds is 3. The van der Waals surface area contributed by atoms with Crippen LogP contribution in [0.3, 0.4) is 0 Å². The third-order valence-electron chi connectivity index (χ3n) is 3.64. The Labute approximate surface area is 138 Å². The molecule has 0 aromatic carbocycles. The summed E-state index contributed by atoms with van der Waals surface area (Å²) in [6.45, 7) is 2.89. The molecule has 3 amide bonds. The van der Waals surface area contributed by atoms with Crippen molar-refractivity contribution in [3.05, 3.63) is 30.4 Å². The molecule has 2 N–H and O–H groups in total. The monoisotopic (exact) mass is 330 g/mol. The van der Waals surface area contributed by atoms with Crippen LogP contribution in [0.25, 0.3) is 11.4 Å². The summed E-state index contributed by atoms with van der Waals surface area (Å²) in [6, 6.07) is 2.75. The normalized spacial score (nSPS) is 16.2. The summed E-state index contributed by atoms with van der Waals surface area (Å²) in [4.78, 5) is 33.5. The highest BCUT2D eigenvalue weighted by Gasteiger charge is 2.23. The van der Waals surface area contributed by atoms with Gasteiger partial charge in [-0.15, -0.1) is 0 Å². The van der Waals surface area contributed by atoms with Gasteiger partial charge in [0.15, 0.2) is 0 Å². The summed E-state index contributed by atoms with van der Waals surface area (Å²) in [7, 11) is 0. The highest BCUT2D eigenvalue weighted by molar-refractivity contribution is 5.84. The van der Waals surface area contributed by atoms with Gasteiger partial charge >= 0.3 is 6.03 Å². The van der Waals surface area contributed by atoms with Gasteiger partial charge in [0.1, 0.15) is 12.6 Å². The summed E-state index contributed by atoms with van der Waals surface area (Å²) >= 11 is 0. The minimum atomic E-state index is -0.466. The van der Waals surface area contributed by atoms with Crippen LogP contribution >= 0.6 is 0 Å². The van der Waals surface area contributed by atoms with Gasteiger partial charge in [-0.2, -0.15) is 4.98 Å². The maximum atomic E-state index is 12.3. The summed E-state index contributed by atoms with van der Waals surface area (Å²) in [6.07, 6.45) is 4.00. The molecule has 1 aliphatic rings. The van der Waals surface area contributed by atoms with E-state index >= 15 is 0 Å². The van der Waals surface area contributed by atoms with Crippen molar-refractivity contribution in [1.82, 2.24) is 30.7 Å². The van der Waals surface area contributed by atoms with E-state index in [2.05, 4.69) is 25.8 Å². The summed E-state index contributed by atoms with van der Waals surface area (Å²) in [5.41, 5.74) is 0.780. The number of hydrogen-bond donors (Lipinski definition) is 2. The zero-order chi connectivity index (χ0) is 16.9. The Morgan fingerprint density at radius 3 is 3.00 bits per heavy atom. The van der Waals surface area contributed by atoms with Gasteiger partial charge in [-0.25, -0.2) is 4.79 Å². The molecule has 9 nitrogen and oxygen atoms in total. The molecule has 1 fully saturated rings. The third kappa shape index (κ3) is 3.67. The van der Waals surface area contributed by atoms with Gasteiger partial charge in [-0.1, -0.05) is 5.16 Å². The average Bonchev–Trinajstić information content (AvgIpc) is 2.98. The molecule has 0 bridgehead atoms. The number of carbonyl (C=O) groups excluding carboxylic acids is 2. The molecular weight excluding hydrogens is 312 g/mol. The molecule has 1 aliphatic heterocycles. The number of hydrogen-bond acceptors (Lipinski definition) is 6. The number of carbonyl (C=O) groups is 2. The molecule has 1 saturated heterocycles. The van der Waals surface area contributed by atoms with Crippen LogP contribution in [-0.2, 0) is 4.79 Å². The van der Waals surface area contributed by atoms with Crippen molar-refractivity contribution in [3.8, 4) is 11.4 Å². The van der Waals surface area contributed by atoms with Crippen LogP contribution in [-0.4, -0.2) is 51.6 Å². The largest absolute Gasteiger partial charge is 0.354 e. The molecule has 126 valence electrons. The first-order valence-electron chi connectivity index (χ1n) is 7.69. The average molecular weight is 330 g/mol. The Hall–Kier alpha value is -2.97. The molecule has 3 rings (SSSR count). The molecule has 0 unspecified atom stereocenters. The number of aromatic nitrogens is 3. The molecule has 0 radical (unpaired) electrons. The van der Waals surface area contributed by atoms with Crippen LogP contribution in [0.5, 0.6) is 0 Å². The van der Waals surface area contributed by atoms with E-state index in [1.807, 2.05) is 0 Å². The van der Waals surface area contributed by atoms with E-state index in [9.17, 15) is 9.59 Å². The van der Waals surface area contributed by atoms with Crippen LogP contribution < -0.4 is 10.6 Å². The van der Waals surface area contributed by atoms with E-state index in [-0.39, 0.29) is 18.5 Å². The van der Waals surface area contributed by atoms with Gasteiger partial charge in [-0.05, 0) is 25.5 Å². The fraction of sp³-hybridized carbons (Fsp3) is 0.400. The van der Waals surface area contributed by atoms with Crippen LogP contribution in [0.4, 0.5) is 4.79 Å². The van der Waals surface area contributed by atoms with Gasteiger partial charge in [0, 0.05) is 31.0 Å². The summed E-state index contributed by atoms with van der Waals surface area (Å²) < 4.78 is 5.22. The highest BCUT2D eigenvalue weighted by Crippen LogP contribution is 2.17. The SMILES string of the molecule is C[C@@H](NC(=O)N1CCCNC(=O)C1)c1nc(-c2ccncc2)no1. The minimum Gasteiger partial charge on any atom is -0.354 e. The number of nitrogens with one attached hydrogen (secondary N) is 2. The Morgan fingerprint density at radius 2 is 2.21 bits per heavy atom. The predicted octanol–water partition coefficient (Wildman–Crippen LogP) is 0.724. The molecule has 24 heavy (non-hydrogen) atoms. The molecule has 1 atom stereocenters. The van der Waals surface area contributed by atoms with Crippen molar-refractivity contribution in [3.63, 3.8) is 0 Å². The Bertz CT molecular complexity index is 717. The Morgan fingerprint density at radius 1 is 1.42 bits per heavy atom. The van der Waals surface area contributed by atoms with E-state index < -0.39 is 6.04 Å². The first-order chi connectivity index (χ1) is 11.6. The van der Waals surface area contributed by atoms with Crippen molar-refractivity contribution < 1.29 is 14.1 Å². The number of amides is 3. The van der Waals surface area contributed by atoms with Crippen molar-refractivity contribution in [2.45, 2.75) is 19.4 Å². The second kappa shape index (κ2) is 7.07. The Balaban J connectivity index is 1.64. The van der Waals surface area contributed by atoms with E-state index in [0.29, 0.717) is 24.8 Å². The van der Waals surface area contributed by atoms with Crippen molar-refractivity contribution >= 4 is 11.9 Å². The van der Waals surface area contributed by atoms with Gasteiger partial charge in [0.05, 0.1) is 0 Å². The van der Waals surface area contributed by atoms with Crippen LogP contribution in [0.2, 0.25) is 0 Å².